The van der Waals surface area contributed by atoms with Gasteiger partial charge in [-0.3, -0.25) is 0 Å². The molecule has 0 bridgehead atoms. The Labute approximate surface area is 146 Å². The van der Waals surface area contributed by atoms with Gasteiger partial charge in [-0.15, -0.1) is 12.3 Å². The second-order valence-electron chi connectivity index (χ2n) is 9.99. The van der Waals surface area contributed by atoms with Crippen molar-refractivity contribution in [3.05, 3.63) is 0 Å². The van der Waals surface area contributed by atoms with Crippen molar-refractivity contribution in [2.24, 2.45) is 23.2 Å². The van der Waals surface area contributed by atoms with Crippen LogP contribution in [0.4, 0.5) is 0 Å². The first-order valence-electron chi connectivity index (χ1n) is 9.64. The van der Waals surface area contributed by atoms with Crippen LogP contribution in [0.2, 0.25) is 18.1 Å². The van der Waals surface area contributed by atoms with Gasteiger partial charge in [-0.2, -0.15) is 0 Å². The van der Waals surface area contributed by atoms with Gasteiger partial charge in [0.05, 0.1) is 0 Å². The average Bonchev–Trinajstić information content (AvgIpc) is 2.75. The summed E-state index contributed by atoms with van der Waals surface area (Å²) in [6, 6.07) is 0. The zero-order valence-electron chi connectivity index (χ0n) is 16.5. The molecule has 0 saturated heterocycles. The Morgan fingerprint density at radius 2 is 1.91 bits per heavy atom. The monoisotopic (exact) mass is 334 g/mol. The normalized spacial score (nSPS) is 36.3. The molecule has 23 heavy (non-hydrogen) atoms. The van der Waals surface area contributed by atoms with Crippen LogP contribution in [0.1, 0.15) is 73.1 Å². The smallest absolute Gasteiger partial charge is 0.192 e. The van der Waals surface area contributed by atoms with Gasteiger partial charge in [0.1, 0.15) is 0 Å². The van der Waals surface area contributed by atoms with Gasteiger partial charge in [-0.05, 0) is 67.0 Å². The van der Waals surface area contributed by atoms with Gasteiger partial charge in [0.15, 0.2) is 8.32 Å². The highest BCUT2D eigenvalue weighted by atomic mass is 28.4. The van der Waals surface area contributed by atoms with Crippen LogP contribution in [-0.4, -0.2) is 14.4 Å². The number of hydrogen-bond acceptors (Lipinski definition) is 1. The summed E-state index contributed by atoms with van der Waals surface area (Å²) >= 11 is 0. The summed E-state index contributed by atoms with van der Waals surface area (Å²) in [5, 5.41) is 0.301. The Balaban J connectivity index is 2.17. The molecule has 1 nitrogen and oxygen atoms in total. The van der Waals surface area contributed by atoms with E-state index in [-0.39, 0.29) is 0 Å². The lowest BCUT2D eigenvalue weighted by molar-refractivity contribution is -0.0198. The summed E-state index contributed by atoms with van der Waals surface area (Å²) in [4.78, 5) is 0. The third kappa shape index (κ3) is 3.56. The van der Waals surface area contributed by atoms with Gasteiger partial charge in [-0.25, -0.2) is 0 Å². The van der Waals surface area contributed by atoms with Crippen LogP contribution in [0.3, 0.4) is 0 Å². The SMILES string of the molecule is C#CCC(C)[C@H]1CC[C@@H]2[C@H](O[Si](C)(C)C(C)(C)C)CCC[C@@]12C. The van der Waals surface area contributed by atoms with E-state index in [9.17, 15) is 0 Å². The summed E-state index contributed by atoms with van der Waals surface area (Å²) < 4.78 is 6.91. The number of hydrogen-bond donors (Lipinski definition) is 0. The number of rotatable bonds is 4. The van der Waals surface area contributed by atoms with E-state index in [0.717, 1.165) is 18.3 Å². The van der Waals surface area contributed by atoms with Crippen LogP contribution in [0, 0.1) is 35.5 Å². The second kappa shape index (κ2) is 6.56. The molecule has 2 aliphatic rings. The fraction of sp³-hybridized carbons (Fsp3) is 0.905. The Hall–Kier alpha value is -0.263. The lowest BCUT2D eigenvalue weighted by atomic mass is 9.61. The molecule has 0 amide bonds. The first-order valence-corrected chi connectivity index (χ1v) is 12.5. The summed E-state index contributed by atoms with van der Waals surface area (Å²) in [6.45, 7) is 16.8. The minimum atomic E-state index is -1.68. The average molecular weight is 335 g/mol. The topological polar surface area (TPSA) is 9.23 Å². The molecule has 2 aliphatic carbocycles. The van der Waals surface area contributed by atoms with Crippen molar-refractivity contribution < 1.29 is 4.43 Å². The van der Waals surface area contributed by atoms with E-state index < -0.39 is 8.32 Å². The highest BCUT2D eigenvalue weighted by molar-refractivity contribution is 6.74. The third-order valence-electron chi connectivity index (χ3n) is 7.51. The van der Waals surface area contributed by atoms with Crippen LogP contribution in [-0.2, 0) is 4.43 Å². The van der Waals surface area contributed by atoms with E-state index in [2.05, 4.69) is 53.6 Å². The van der Waals surface area contributed by atoms with Gasteiger partial charge in [0, 0.05) is 12.5 Å². The largest absolute Gasteiger partial charge is 0.414 e. The first-order chi connectivity index (χ1) is 10.5. The van der Waals surface area contributed by atoms with Gasteiger partial charge in [-0.1, -0.05) is 41.0 Å². The van der Waals surface area contributed by atoms with Crippen LogP contribution in [0.25, 0.3) is 0 Å². The predicted octanol–water partition coefficient (Wildman–Crippen LogP) is 6.25. The van der Waals surface area contributed by atoms with Gasteiger partial charge < -0.3 is 4.43 Å². The van der Waals surface area contributed by atoms with Crippen molar-refractivity contribution in [2.75, 3.05) is 0 Å². The van der Waals surface area contributed by atoms with Crippen LogP contribution < -0.4 is 0 Å². The zero-order valence-corrected chi connectivity index (χ0v) is 17.5. The Morgan fingerprint density at radius 1 is 1.26 bits per heavy atom. The molecule has 2 fully saturated rings. The molecule has 2 rings (SSSR count). The van der Waals surface area contributed by atoms with Crippen molar-refractivity contribution in [1.29, 1.82) is 0 Å². The molecule has 2 heteroatoms. The molecule has 0 aromatic heterocycles. The third-order valence-corrected chi connectivity index (χ3v) is 12.0. The van der Waals surface area contributed by atoms with Crippen LogP contribution in [0.15, 0.2) is 0 Å². The molecule has 5 atom stereocenters. The van der Waals surface area contributed by atoms with Crippen LogP contribution in [0.5, 0.6) is 0 Å². The number of terminal acetylenes is 1. The molecule has 0 aromatic carbocycles. The zero-order chi connectivity index (χ0) is 17.5. The predicted molar refractivity (Wildman–Crippen MR) is 103 cm³/mol. The minimum Gasteiger partial charge on any atom is -0.414 e. The standard InChI is InChI=1S/C21H38OSi/c1-9-11-16(2)17-13-14-18-19(12-10-15-21(17,18)6)22-23(7,8)20(3,4)5/h1,16-19H,10-15H2,2-8H3/t16?,17-,18-,19-,21+/m1/s1. The summed E-state index contributed by atoms with van der Waals surface area (Å²) in [5.41, 5.74) is 0.446. The molecule has 0 aromatic rings. The van der Waals surface area contributed by atoms with E-state index in [1.807, 2.05) is 0 Å². The summed E-state index contributed by atoms with van der Waals surface area (Å²) in [6.07, 6.45) is 13.7. The summed E-state index contributed by atoms with van der Waals surface area (Å²) in [5.74, 6) is 5.09. The molecule has 2 saturated carbocycles. The van der Waals surface area contributed by atoms with Crippen molar-refractivity contribution in [3.8, 4) is 12.3 Å². The van der Waals surface area contributed by atoms with Crippen molar-refractivity contribution >= 4 is 8.32 Å². The molecule has 0 radical (unpaired) electrons. The van der Waals surface area contributed by atoms with E-state index >= 15 is 0 Å². The fourth-order valence-electron chi connectivity index (χ4n) is 5.12. The van der Waals surface area contributed by atoms with Gasteiger partial charge >= 0.3 is 0 Å². The fourth-order valence-corrected chi connectivity index (χ4v) is 6.51. The Morgan fingerprint density at radius 3 is 2.48 bits per heavy atom. The highest BCUT2D eigenvalue weighted by Gasteiger charge is 2.54. The van der Waals surface area contributed by atoms with Gasteiger partial charge in [0.25, 0.3) is 0 Å². The number of fused-ring (bicyclic) bond motifs is 1. The maximum atomic E-state index is 6.91. The lowest BCUT2D eigenvalue weighted by Crippen LogP contribution is -2.50. The minimum absolute atomic E-state index is 0.301. The maximum absolute atomic E-state index is 6.91. The lowest BCUT2D eigenvalue weighted by Gasteiger charge is -2.49. The molecule has 132 valence electrons. The van der Waals surface area contributed by atoms with Crippen molar-refractivity contribution in [1.82, 2.24) is 0 Å². The van der Waals surface area contributed by atoms with Crippen molar-refractivity contribution in [2.45, 2.75) is 97.4 Å². The molecule has 1 unspecified atom stereocenters. The first kappa shape index (κ1) is 19.1. The highest BCUT2D eigenvalue weighted by Crippen LogP contribution is 2.59. The summed E-state index contributed by atoms with van der Waals surface area (Å²) in [7, 11) is -1.68. The van der Waals surface area contributed by atoms with E-state index in [0.29, 0.717) is 22.5 Å². The molecule has 0 heterocycles. The van der Waals surface area contributed by atoms with Crippen LogP contribution >= 0.6 is 0 Å². The van der Waals surface area contributed by atoms with E-state index in [1.165, 1.54) is 32.1 Å². The van der Waals surface area contributed by atoms with E-state index in [4.69, 9.17) is 10.8 Å². The molecular formula is C21H38OSi. The Bertz CT molecular complexity index is 455. The van der Waals surface area contributed by atoms with Gasteiger partial charge in [0.2, 0.25) is 0 Å². The molecule has 0 N–H and O–H groups in total. The molecule has 0 aliphatic heterocycles. The van der Waals surface area contributed by atoms with E-state index in [1.54, 1.807) is 0 Å². The quantitative estimate of drug-likeness (QED) is 0.436. The maximum Gasteiger partial charge on any atom is 0.192 e. The van der Waals surface area contributed by atoms with Crippen molar-refractivity contribution in [3.63, 3.8) is 0 Å². The second-order valence-corrected chi connectivity index (χ2v) is 14.7. The molecule has 0 spiro atoms. The Kier molecular flexibility index (Phi) is 5.44. The molecular weight excluding hydrogens is 296 g/mol.